The molecule has 22 heavy (non-hydrogen) atoms. The summed E-state index contributed by atoms with van der Waals surface area (Å²) >= 11 is 0. The van der Waals surface area contributed by atoms with Crippen molar-refractivity contribution in [1.82, 2.24) is 4.90 Å². The molecule has 2 amide bonds. The van der Waals surface area contributed by atoms with E-state index in [1.54, 1.807) is 18.2 Å². The number of amides is 2. The lowest BCUT2D eigenvalue weighted by Gasteiger charge is -2.13. The van der Waals surface area contributed by atoms with Crippen molar-refractivity contribution < 1.29 is 14.0 Å². The first-order valence-corrected chi connectivity index (χ1v) is 6.98. The predicted octanol–water partition coefficient (Wildman–Crippen LogP) is 3.17. The fraction of sp³-hybridized carbons (Fsp3) is 0.111. The Bertz CT molecular complexity index is 735. The molecule has 1 heterocycles. The van der Waals surface area contributed by atoms with Crippen LogP contribution in [0, 0.1) is 5.82 Å². The third-order valence-corrected chi connectivity index (χ3v) is 3.56. The number of benzene rings is 2. The van der Waals surface area contributed by atoms with Gasteiger partial charge in [-0.05, 0) is 29.3 Å². The molecule has 0 aliphatic carbocycles. The van der Waals surface area contributed by atoms with Crippen molar-refractivity contribution in [2.75, 3.05) is 0 Å². The van der Waals surface area contributed by atoms with Crippen LogP contribution in [0.5, 0.6) is 0 Å². The Kier molecular flexibility index (Phi) is 3.83. The molecule has 3 nitrogen and oxygen atoms in total. The van der Waals surface area contributed by atoms with Crippen molar-refractivity contribution in [2.24, 2.45) is 0 Å². The maximum atomic E-state index is 12.9. The summed E-state index contributed by atoms with van der Waals surface area (Å²) < 4.78 is 12.9. The third kappa shape index (κ3) is 2.96. The Morgan fingerprint density at radius 2 is 1.68 bits per heavy atom. The summed E-state index contributed by atoms with van der Waals surface area (Å²) in [6.07, 6.45) is 1.73. The van der Waals surface area contributed by atoms with Crippen molar-refractivity contribution in [1.29, 1.82) is 0 Å². The van der Waals surface area contributed by atoms with Crippen molar-refractivity contribution >= 4 is 17.9 Å². The first-order valence-electron chi connectivity index (χ1n) is 6.98. The SMILES string of the molecule is O=C1C/C(=C/c2ccc(F)cc2)C(=O)N1Cc1ccccc1. The fourth-order valence-corrected chi connectivity index (χ4v) is 2.42. The number of likely N-dealkylation sites (tertiary alicyclic amines) is 1. The van der Waals surface area contributed by atoms with Crippen LogP contribution in [0.4, 0.5) is 4.39 Å². The zero-order chi connectivity index (χ0) is 15.5. The van der Waals surface area contributed by atoms with Gasteiger partial charge in [0.15, 0.2) is 0 Å². The van der Waals surface area contributed by atoms with Gasteiger partial charge in [0.1, 0.15) is 5.82 Å². The predicted molar refractivity (Wildman–Crippen MR) is 81.0 cm³/mol. The first-order chi connectivity index (χ1) is 10.6. The Morgan fingerprint density at radius 3 is 2.36 bits per heavy atom. The second-order valence-corrected chi connectivity index (χ2v) is 5.17. The van der Waals surface area contributed by atoms with Crippen molar-refractivity contribution in [3.8, 4) is 0 Å². The number of imide groups is 1. The molecule has 4 heteroatoms. The molecule has 0 unspecified atom stereocenters. The Hall–Kier alpha value is -2.75. The van der Waals surface area contributed by atoms with Gasteiger partial charge in [0, 0.05) is 5.57 Å². The van der Waals surface area contributed by atoms with Crippen LogP contribution in [0.3, 0.4) is 0 Å². The molecule has 0 radical (unpaired) electrons. The molecule has 0 N–H and O–H groups in total. The third-order valence-electron chi connectivity index (χ3n) is 3.56. The zero-order valence-electron chi connectivity index (χ0n) is 11.8. The van der Waals surface area contributed by atoms with Gasteiger partial charge in [0.05, 0.1) is 13.0 Å². The lowest BCUT2D eigenvalue weighted by atomic mass is 10.1. The second-order valence-electron chi connectivity index (χ2n) is 5.17. The monoisotopic (exact) mass is 295 g/mol. The van der Waals surface area contributed by atoms with Crippen LogP contribution in [-0.2, 0) is 16.1 Å². The summed E-state index contributed by atoms with van der Waals surface area (Å²) in [5, 5.41) is 0. The molecule has 1 aliphatic heterocycles. The highest BCUT2D eigenvalue weighted by molar-refractivity contribution is 6.15. The smallest absolute Gasteiger partial charge is 0.257 e. The number of rotatable bonds is 3. The average molecular weight is 295 g/mol. The molecule has 1 fully saturated rings. The van der Waals surface area contributed by atoms with E-state index >= 15 is 0 Å². The van der Waals surface area contributed by atoms with E-state index in [-0.39, 0.29) is 30.6 Å². The minimum absolute atomic E-state index is 0.0864. The van der Waals surface area contributed by atoms with Gasteiger partial charge in [0.2, 0.25) is 5.91 Å². The van der Waals surface area contributed by atoms with E-state index in [2.05, 4.69) is 0 Å². The van der Waals surface area contributed by atoms with E-state index in [0.717, 1.165) is 5.56 Å². The van der Waals surface area contributed by atoms with E-state index in [1.165, 1.54) is 17.0 Å². The normalized spacial score (nSPS) is 16.6. The van der Waals surface area contributed by atoms with E-state index in [0.29, 0.717) is 11.1 Å². The largest absolute Gasteiger partial charge is 0.274 e. The van der Waals surface area contributed by atoms with Crippen LogP contribution in [0.15, 0.2) is 60.2 Å². The lowest BCUT2D eigenvalue weighted by molar-refractivity contribution is -0.138. The minimum Gasteiger partial charge on any atom is -0.274 e. The van der Waals surface area contributed by atoms with Gasteiger partial charge >= 0.3 is 0 Å². The average Bonchev–Trinajstić information content (AvgIpc) is 2.78. The van der Waals surface area contributed by atoms with Crippen molar-refractivity contribution in [3.63, 3.8) is 0 Å². The molecule has 110 valence electrons. The molecule has 0 spiro atoms. The molecule has 0 aromatic heterocycles. The van der Waals surface area contributed by atoms with Gasteiger partial charge in [-0.2, -0.15) is 0 Å². The van der Waals surface area contributed by atoms with E-state index in [4.69, 9.17) is 0 Å². The molecule has 2 aromatic rings. The first kappa shape index (κ1) is 14.2. The summed E-state index contributed by atoms with van der Waals surface area (Å²) in [5.41, 5.74) is 2.05. The highest BCUT2D eigenvalue weighted by Crippen LogP contribution is 2.23. The van der Waals surface area contributed by atoms with Gasteiger partial charge in [-0.15, -0.1) is 0 Å². The van der Waals surface area contributed by atoms with Gasteiger partial charge in [-0.3, -0.25) is 14.5 Å². The molecule has 0 atom stereocenters. The van der Waals surface area contributed by atoms with E-state index in [9.17, 15) is 14.0 Å². The quantitative estimate of drug-likeness (QED) is 0.644. The summed E-state index contributed by atoms with van der Waals surface area (Å²) in [6, 6.07) is 15.2. The van der Waals surface area contributed by atoms with Crippen LogP contribution in [0.25, 0.3) is 6.08 Å². The van der Waals surface area contributed by atoms with Crippen LogP contribution in [0.2, 0.25) is 0 Å². The maximum Gasteiger partial charge on any atom is 0.257 e. The van der Waals surface area contributed by atoms with Gasteiger partial charge < -0.3 is 0 Å². The van der Waals surface area contributed by atoms with Gasteiger partial charge in [-0.25, -0.2) is 4.39 Å². The summed E-state index contributed by atoms with van der Waals surface area (Å²) in [7, 11) is 0. The standard InChI is InChI=1S/C18H14FNO2/c19-16-8-6-13(7-9-16)10-15-11-17(21)20(18(15)22)12-14-4-2-1-3-5-14/h1-10H,11-12H2/b15-10-. The molecule has 0 bridgehead atoms. The molecule has 2 aromatic carbocycles. The van der Waals surface area contributed by atoms with Crippen LogP contribution in [0.1, 0.15) is 17.5 Å². The van der Waals surface area contributed by atoms with E-state index in [1.807, 2.05) is 30.3 Å². The number of halogens is 1. The topological polar surface area (TPSA) is 37.4 Å². The summed E-state index contributed by atoms with van der Waals surface area (Å²) in [4.78, 5) is 25.7. The summed E-state index contributed by atoms with van der Waals surface area (Å²) in [6.45, 7) is 0.277. The molecule has 3 rings (SSSR count). The molecular weight excluding hydrogens is 281 g/mol. The Morgan fingerprint density at radius 1 is 1.00 bits per heavy atom. The van der Waals surface area contributed by atoms with Crippen LogP contribution >= 0.6 is 0 Å². The van der Waals surface area contributed by atoms with Crippen molar-refractivity contribution in [3.05, 3.63) is 77.1 Å². The number of carbonyl (C=O) groups is 2. The minimum atomic E-state index is -0.332. The summed E-state index contributed by atoms with van der Waals surface area (Å²) in [5.74, 6) is -0.818. The molecule has 0 saturated carbocycles. The number of hydrogen-bond donors (Lipinski definition) is 0. The molecule has 1 aliphatic rings. The Balaban J connectivity index is 1.80. The number of carbonyl (C=O) groups excluding carboxylic acids is 2. The molecule has 1 saturated heterocycles. The van der Waals surface area contributed by atoms with Crippen molar-refractivity contribution in [2.45, 2.75) is 13.0 Å². The second kappa shape index (κ2) is 5.93. The highest BCUT2D eigenvalue weighted by atomic mass is 19.1. The van der Waals surface area contributed by atoms with Crippen LogP contribution in [-0.4, -0.2) is 16.7 Å². The number of hydrogen-bond acceptors (Lipinski definition) is 2. The maximum absolute atomic E-state index is 12.9. The fourth-order valence-electron chi connectivity index (χ4n) is 2.42. The Labute approximate surface area is 127 Å². The molecular formula is C18H14FNO2. The van der Waals surface area contributed by atoms with Gasteiger partial charge in [0.25, 0.3) is 5.91 Å². The highest BCUT2D eigenvalue weighted by Gasteiger charge is 2.33. The van der Waals surface area contributed by atoms with E-state index < -0.39 is 0 Å². The lowest BCUT2D eigenvalue weighted by Crippen LogP contribution is -2.28. The van der Waals surface area contributed by atoms with Crippen LogP contribution < -0.4 is 0 Å². The number of nitrogens with zero attached hydrogens (tertiary/aromatic N) is 1. The zero-order valence-corrected chi connectivity index (χ0v) is 11.8. The van der Waals surface area contributed by atoms with Gasteiger partial charge in [-0.1, -0.05) is 42.5 Å².